The van der Waals surface area contributed by atoms with Crippen LogP contribution < -0.4 is 18.9 Å². The number of ether oxygens (including phenoxy) is 6. The monoisotopic (exact) mass is 484 g/mol. The number of benzene rings is 2. The highest BCUT2D eigenvalue weighted by Crippen LogP contribution is 2.33. The van der Waals surface area contributed by atoms with Crippen LogP contribution in [0, 0.1) is 0 Å². The first-order valence-corrected chi connectivity index (χ1v) is 12.2. The van der Waals surface area contributed by atoms with Crippen LogP contribution in [0.3, 0.4) is 0 Å². The summed E-state index contributed by atoms with van der Waals surface area (Å²) in [5.74, 6) is 4.48. The molecular weight excluding hydrogens is 444 g/mol. The maximum Gasteiger partial charge on any atom is 0.237 e. The highest BCUT2D eigenvalue weighted by atomic mass is 16.7. The first-order chi connectivity index (χ1) is 16.8. The van der Waals surface area contributed by atoms with Crippen molar-refractivity contribution in [1.29, 1.82) is 0 Å². The fourth-order valence-corrected chi connectivity index (χ4v) is 3.36. The predicted octanol–water partition coefficient (Wildman–Crippen LogP) is 7.41. The first-order valence-electron chi connectivity index (χ1n) is 12.2. The van der Waals surface area contributed by atoms with E-state index in [1.807, 2.05) is 104 Å². The molecule has 2 unspecified atom stereocenters. The Morgan fingerprint density at radius 3 is 1.46 bits per heavy atom. The fraction of sp³-hybridized carbons (Fsp3) is 0.448. The molecule has 0 bridgehead atoms. The minimum absolute atomic E-state index is 0.463. The Kier molecular flexibility index (Phi) is 11.3. The maximum absolute atomic E-state index is 6.19. The van der Waals surface area contributed by atoms with Gasteiger partial charge in [-0.2, -0.15) is 0 Å². The molecule has 2 aromatic carbocycles. The van der Waals surface area contributed by atoms with Crippen LogP contribution in [0.25, 0.3) is 0 Å². The first kappa shape index (κ1) is 28.0. The Bertz CT molecular complexity index is 915. The third-order valence-corrected chi connectivity index (χ3v) is 5.18. The van der Waals surface area contributed by atoms with Gasteiger partial charge in [0.15, 0.2) is 0 Å². The third-order valence-electron chi connectivity index (χ3n) is 5.18. The van der Waals surface area contributed by atoms with E-state index in [0.717, 1.165) is 34.1 Å². The van der Waals surface area contributed by atoms with Gasteiger partial charge in [0.25, 0.3) is 0 Å². The quantitative estimate of drug-likeness (QED) is 0.206. The smallest absolute Gasteiger partial charge is 0.237 e. The van der Waals surface area contributed by atoms with E-state index in [-0.39, 0.29) is 0 Å². The largest absolute Gasteiger partial charge is 0.494 e. The van der Waals surface area contributed by atoms with E-state index in [4.69, 9.17) is 28.4 Å². The lowest BCUT2D eigenvalue weighted by molar-refractivity contribution is -0.0293. The lowest BCUT2D eigenvalue weighted by Gasteiger charge is -2.22. The van der Waals surface area contributed by atoms with Crippen molar-refractivity contribution in [3.63, 3.8) is 0 Å². The van der Waals surface area contributed by atoms with Crippen LogP contribution in [0.15, 0.2) is 60.1 Å². The molecule has 0 aliphatic heterocycles. The summed E-state index contributed by atoms with van der Waals surface area (Å²) in [7, 11) is 0. The van der Waals surface area contributed by atoms with Crippen LogP contribution >= 0.6 is 0 Å². The SMILES string of the molecule is C/C=C(\C)OC(C)Oc1cc(OCC)ccc1Cc1ccc(OCC)cc1OC(C)O/C(C)=C/C. The van der Waals surface area contributed by atoms with Crippen LogP contribution in [0.1, 0.15) is 66.5 Å². The number of hydrogen-bond donors (Lipinski definition) is 0. The molecule has 192 valence electrons. The molecule has 0 N–H and O–H groups in total. The molecule has 6 heteroatoms. The molecule has 0 radical (unpaired) electrons. The van der Waals surface area contributed by atoms with E-state index in [1.165, 1.54) is 0 Å². The molecule has 0 heterocycles. The molecule has 0 amide bonds. The zero-order chi connectivity index (χ0) is 25.8. The van der Waals surface area contributed by atoms with Gasteiger partial charge in [0.1, 0.15) is 23.0 Å². The Morgan fingerprint density at radius 1 is 0.714 bits per heavy atom. The third kappa shape index (κ3) is 9.12. The van der Waals surface area contributed by atoms with E-state index >= 15 is 0 Å². The van der Waals surface area contributed by atoms with E-state index in [1.54, 1.807) is 0 Å². The maximum atomic E-state index is 6.19. The number of hydrogen-bond acceptors (Lipinski definition) is 6. The summed E-state index contributed by atoms with van der Waals surface area (Å²) in [6, 6.07) is 11.7. The summed E-state index contributed by atoms with van der Waals surface area (Å²) < 4.78 is 35.4. The van der Waals surface area contributed by atoms with Gasteiger partial charge < -0.3 is 28.4 Å². The van der Waals surface area contributed by atoms with Gasteiger partial charge in [-0.25, -0.2) is 0 Å². The molecule has 0 aromatic heterocycles. The molecule has 0 aliphatic carbocycles. The summed E-state index contributed by atoms with van der Waals surface area (Å²) in [5, 5.41) is 0. The van der Waals surface area contributed by atoms with E-state index in [9.17, 15) is 0 Å². The molecule has 35 heavy (non-hydrogen) atoms. The summed E-state index contributed by atoms with van der Waals surface area (Å²) in [4.78, 5) is 0. The van der Waals surface area contributed by atoms with Gasteiger partial charge in [-0.15, -0.1) is 0 Å². The summed E-state index contributed by atoms with van der Waals surface area (Å²) in [5.41, 5.74) is 1.96. The molecule has 0 saturated heterocycles. The van der Waals surface area contributed by atoms with Crippen molar-refractivity contribution >= 4 is 0 Å². The van der Waals surface area contributed by atoms with Crippen LogP contribution in [0.4, 0.5) is 0 Å². The second-order valence-electron chi connectivity index (χ2n) is 7.99. The Balaban J connectivity index is 2.38. The van der Waals surface area contributed by atoms with Crippen molar-refractivity contribution in [2.24, 2.45) is 0 Å². The van der Waals surface area contributed by atoms with Gasteiger partial charge in [-0.3, -0.25) is 0 Å². The Hall–Kier alpha value is -3.28. The highest BCUT2D eigenvalue weighted by molar-refractivity contribution is 5.48. The van der Waals surface area contributed by atoms with Gasteiger partial charge in [0.2, 0.25) is 12.6 Å². The van der Waals surface area contributed by atoms with Crippen molar-refractivity contribution in [3.8, 4) is 23.0 Å². The molecule has 0 fully saturated rings. The molecule has 0 aliphatic rings. The van der Waals surface area contributed by atoms with Gasteiger partial charge >= 0.3 is 0 Å². The lowest BCUT2D eigenvalue weighted by atomic mass is 10.0. The second kappa shape index (κ2) is 14.2. The normalized spacial score (nSPS) is 13.6. The molecule has 2 rings (SSSR count). The van der Waals surface area contributed by atoms with Crippen LogP contribution in [-0.4, -0.2) is 25.8 Å². The highest BCUT2D eigenvalue weighted by Gasteiger charge is 2.16. The van der Waals surface area contributed by atoms with Crippen molar-refractivity contribution in [3.05, 3.63) is 71.2 Å². The zero-order valence-electron chi connectivity index (χ0n) is 22.3. The van der Waals surface area contributed by atoms with Crippen molar-refractivity contribution in [1.82, 2.24) is 0 Å². The fourth-order valence-electron chi connectivity index (χ4n) is 3.36. The molecule has 2 atom stereocenters. The summed E-state index contributed by atoms with van der Waals surface area (Å²) >= 11 is 0. The van der Waals surface area contributed by atoms with Crippen LogP contribution in [0.5, 0.6) is 23.0 Å². The van der Waals surface area contributed by atoms with Gasteiger partial charge in [0.05, 0.1) is 24.7 Å². The van der Waals surface area contributed by atoms with Gasteiger partial charge in [-0.1, -0.05) is 12.1 Å². The molecule has 0 spiro atoms. The standard InChI is InChI=1S/C29H40O6/c1-9-20(5)32-22(7)34-28-18-26(30-11-3)15-13-24(28)17-25-14-16-27(31-12-4)19-29(25)35-23(8)33-21(6)10-2/h9-10,13-16,18-19,22-23H,11-12,17H2,1-8H3/b20-9+,21-10+. The minimum Gasteiger partial charge on any atom is -0.494 e. The Morgan fingerprint density at radius 2 is 1.11 bits per heavy atom. The van der Waals surface area contributed by atoms with E-state index in [2.05, 4.69) is 0 Å². The van der Waals surface area contributed by atoms with Crippen LogP contribution in [0.2, 0.25) is 0 Å². The van der Waals surface area contributed by atoms with Gasteiger partial charge in [0, 0.05) is 32.4 Å². The second-order valence-corrected chi connectivity index (χ2v) is 7.99. The van der Waals surface area contributed by atoms with Crippen LogP contribution in [-0.2, 0) is 15.9 Å². The summed E-state index contributed by atoms with van der Waals surface area (Å²) in [6.07, 6.45) is 3.46. The topological polar surface area (TPSA) is 55.4 Å². The van der Waals surface area contributed by atoms with Gasteiger partial charge in [-0.05, 0) is 77.0 Å². The van der Waals surface area contributed by atoms with Crippen molar-refractivity contribution < 1.29 is 28.4 Å². The molecule has 6 nitrogen and oxygen atoms in total. The average Bonchev–Trinajstić information content (AvgIpc) is 2.82. The van der Waals surface area contributed by atoms with E-state index in [0.29, 0.717) is 31.1 Å². The summed E-state index contributed by atoms with van der Waals surface area (Å²) in [6.45, 7) is 16.5. The molecular formula is C29H40O6. The lowest BCUT2D eigenvalue weighted by Crippen LogP contribution is -2.17. The average molecular weight is 485 g/mol. The van der Waals surface area contributed by atoms with E-state index < -0.39 is 12.6 Å². The predicted molar refractivity (Wildman–Crippen MR) is 139 cm³/mol. The number of allylic oxidation sites excluding steroid dienone is 4. The number of rotatable bonds is 14. The minimum atomic E-state index is -0.463. The zero-order valence-corrected chi connectivity index (χ0v) is 22.3. The molecule has 2 aromatic rings. The molecule has 0 saturated carbocycles. The Labute approximate surface area is 210 Å². The van der Waals surface area contributed by atoms with Crippen molar-refractivity contribution in [2.75, 3.05) is 13.2 Å². The van der Waals surface area contributed by atoms with Crippen molar-refractivity contribution in [2.45, 2.75) is 74.4 Å².